The lowest BCUT2D eigenvalue weighted by Gasteiger charge is -2.36. The summed E-state index contributed by atoms with van der Waals surface area (Å²) in [5.74, 6) is 1.08. The molecule has 0 saturated carbocycles. The Morgan fingerprint density at radius 2 is 1.71 bits per heavy atom. The second kappa shape index (κ2) is 8.63. The van der Waals surface area contributed by atoms with Gasteiger partial charge in [0, 0.05) is 45.5 Å². The number of aliphatic hydroxyl groups excluding tert-OH is 1. The number of halogens is 2. The minimum atomic E-state index is -0.136. The average Bonchev–Trinajstić information content (AvgIpc) is 2.49. The molecule has 0 bridgehead atoms. The number of rotatable bonds is 2. The second-order valence-corrected chi connectivity index (χ2v) is 5.30. The number of piperidine rings is 1. The normalized spacial score (nSPS) is 19.7. The number of hydrogen-bond donors (Lipinski definition) is 2. The Hall–Kier alpha value is -0.750. The zero-order valence-electron chi connectivity index (χ0n) is 12.1. The number of hydrogen-bond acceptors (Lipinski definition) is 5. The van der Waals surface area contributed by atoms with E-state index in [-0.39, 0.29) is 30.9 Å². The third-order valence-electron chi connectivity index (χ3n) is 3.99. The van der Waals surface area contributed by atoms with Gasteiger partial charge in [-0.1, -0.05) is 0 Å². The van der Waals surface area contributed by atoms with Gasteiger partial charge in [0.15, 0.2) is 5.82 Å². The lowest BCUT2D eigenvalue weighted by molar-refractivity contribution is 0.145. The van der Waals surface area contributed by atoms with Crippen LogP contribution in [0.1, 0.15) is 12.8 Å². The maximum Gasteiger partial charge on any atom is 0.152 e. The molecule has 3 heterocycles. The van der Waals surface area contributed by atoms with Gasteiger partial charge in [-0.2, -0.15) is 0 Å². The molecule has 7 heteroatoms. The molecule has 1 aromatic heterocycles. The highest BCUT2D eigenvalue weighted by Gasteiger charge is 2.22. The summed E-state index contributed by atoms with van der Waals surface area (Å²) in [5, 5.41) is 13.0. The van der Waals surface area contributed by atoms with Gasteiger partial charge in [0.05, 0.1) is 11.8 Å². The Bertz CT molecular complexity index is 421. The minimum absolute atomic E-state index is 0. The van der Waals surface area contributed by atoms with Gasteiger partial charge in [-0.25, -0.2) is 4.98 Å². The van der Waals surface area contributed by atoms with E-state index < -0.39 is 0 Å². The van der Waals surface area contributed by atoms with Gasteiger partial charge < -0.3 is 20.2 Å². The molecule has 2 N–H and O–H groups in total. The summed E-state index contributed by atoms with van der Waals surface area (Å²) >= 11 is 0. The summed E-state index contributed by atoms with van der Waals surface area (Å²) in [6.45, 7) is 5.94. The number of aliphatic hydroxyl groups is 1. The molecule has 0 aliphatic carbocycles. The fraction of sp³-hybridized carbons (Fsp3) is 0.643. The maximum absolute atomic E-state index is 9.63. The van der Waals surface area contributed by atoms with Crippen LogP contribution in [0.25, 0.3) is 0 Å². The second-order valence-electron chi connectivity index (χ2n) is 5.30. The molecule has 0 atom stereocenters. The van der Waals surface area contributed by atoms with Crippen molar-refractivity contribution in [1.29, 1.82) is 0 Å². The molecular weight excluding hydrogens is 311 g/mol. The van der Waals surface area contributed by atoms with Crippen LogP contribution in [0.15, 0.2) is 18.3 Å². The predicted molar refractivity (Wildman–Crippen MR) is 91.3 cm³/mol. The Kier molecular flexibility index (Phi) is 7.52. The highest BCUT2D eigenvalue weighted by atomic mass is 35.5. The Balaban J connectivity index is 0.00000110. The molecule has 0 radical (unpaired) electrons. The number of anilines is 2. The van der Waals surface area contributed by atoms with Crippen LogP contribution in [0.3, 0.4) is 0 Å². The van der Waals surface area contributed by atoms with Crippen LogP contribution < -0.4 is 15.1 Å². The summed E-state index contributed by atoms with van der Waals surface area (Å²) in [6, 6.07) is 4.18. The van der Waals surface area contributed by atoms with Crippen molar-refractivity contribution in [3.63, 3.8) is 0 Å². The van der Waals surface area contributed by atoms with Crippen molar-refractivity contribution >= 4 is 36.3 Å². The fourth-order valence-corrected chi connectivity index (χ4v) is 2.86. The van der Waals surface area contributed by atoms with Crippen LogP contribution in [-0.4, -0.2) is 55.5 Å². The summed E-state index contributed by atoms with van der Waals surface area (Å²) in [4.78, 5) is 9.30. The molecule has 0 amide bonds. The smallest absolute Gasteiger partial charge is 0.152 e. The number of pyridine rings is 1. The fourth-order valence-electron chi connectivity index (χ4n) is 2.86. The maximum atomic E-state index is 9.63. The van der Waals surface area contributed by atoms with Gasteiger partial charge >= 0.3 is 0 Å². The largest absolute Gasteiger partial charge is 0.393 e. The van der Waals surface area contributed by atoms with Crippen molar-refractivity contribution in [2.45, 2.75) is 18.9 Å². The van der Waals surface area contributed by atoms with Gasteiger partial charge in [-0.15, -0.1) is 24.8 Å². The molecule has 21 heavy (non-hydrogen) atoms. The lowest BCUT2D eigenvalue weighted by atomic mass is 10.1. The van der Waals surface area contributed by atoms with Crippen molar-refractivity contribution in [3.8, 4) is 0 Å². The van der Waals surface area contributed by atoms with Crippen LogP contribution in [0.2, 0.25) is 0 Å². The highest BCUT2D eigenvalue weighted by molar-refractivity contribution is 5.85. The van der Waals surface area contributed by atoms with Crippen LogP contribution in [0, 0.1) is 0 Å². The van der Waals surface area contributed by atoms with E-state index in [4.69, 9.17) is 0 Å². The van der Waals surface area contributed by atoms with Gasteiger partial charge in [-0.05, 0) is 25.0 Å². The molecule has 2 saturated heterocycles. The third-order valence-corrected chi connectivity index (χ3v) is 3.99. The van der Waals surface area contributed by atoms with Crippen LogP contribution in [0.4, 0.5) is 11.5 Å². The number of nitrogens with zero attached hydrogens (tertiary/aromatic N) is 3. The van der Waals surface area contributed by atoms with E-state index in [1.54, 1.807) is 0 Å². The molecule has 0 unspecified atom stereocenters. The van der Waals surface area contributed by atoms with E-state index in [1.807, 2.05) is 12.3 Å². The molecule has 2 aliphatic heterocycles. The number of nitrogens with one attached hydrogen (secondary N) is 1. The Morgan fingerprint density at radius 1 is 1.05 bits per heavy atom. The standard InChI is InChI=1S/C14H22N4O.2ClH/c19-12-3-8-18(9-4-12)14-13(2-1-5-16-14)17-10-6-15-7-11-17;;/h1-2,5,12,15,19H,3-4,6-11H2;2*1H. The zero-order chi connectivity index (χ0) is 13.1. The molecule has 2 fully saturated rings. The van der Waals surface area contributed by atoms with E-state index in [9.17, 15) is 5.11 Å². The van der Waals surface area contributed by atoms with E-state index >= 15 is 0 Å². The topological polar surface area (TPSA) is 51.6 Å². The molecule has 1 aromatic rings. The predicted octanol–water partition coefficient (Wildman–Crippen LogP) is 1.30. The summed E-state index contributed by atoms with van der Waals surface area (Å²) in [6.07, 6.45) is 3.42. The summed E-state index contributed by atoms with van der Waals surface area (Å²) in [5.41, 5.74) is 1.24. The van der Waals surface area contributed by atoms with Crippen LogP contribution in [-0.2, 0) is 0 Å². The van der Waals surface area contributed by atoms with Gasteiger partial charge in [0.25, 0.3) is 0 Å². The van der Waals surface area contributed by atoms with Crippen LogP contribution >= 0.6 is 24.8 Å². The van der Waals surface area contributed by atoms with Gasteiger partial charge in [-0.3, -0.25) is 0 Å². The van der Waals surface area contributed by atoms with Crippen molar-refractivity contribution in [2.75, 3.05) is 49.1 Å². The van der Waals surface area contributed by atoms with Crippen molar-refractivity contribution < 1.29 is 5.11 Å². The van der Waals surface area contributed by atoms with E-state index in [0.717, 1.165) is 57.9 Å². The van der Waals surface area contributed by atoms with E-state index in [2.05, 4.69) is 26.2 Å². The van der Waals surface area contributed by atoms with Crippen LogP contribution in [0.5, 0.6) is 0 Å². The third kappa shape index (κ3) is 4.36. The first kappa shape index (κ1) is 18.3. The molecule has 0 spiro atoms. The first-order chi connectivity index (χ1) is 9.34. The van der Waals surface area contributed by atoms with Gasteiger partial charge in [0.1, 0.15) is 0 Å². The zero-order valence-corrected chi connectivity index (χ0v) is 13.7. The molecule has 0 aromatic carbocycles. The quantitative estimate of drug-likeness (QED) is 0.853. The molecular formula is C14H24Cl2N4O. The monoisotopic (exact) mass is 334 g/mol. The van der Waals surface area contributed by atoms with Gasteiger partial charge in [0.2, 0.25) is 0 Å². The Morgan fingerprint density at radius 3 is 2.38 bits per heavy atom. The lowest BCUT2D eigenvalue weighted by Crippen LogP contribution is -2.45. The van der Waals surface area contributed by atoms with Crippen molar-refractivity contribution in [1.82, 2.24) is 10.3 Å². The van der Waals surface area contributed by atoms with E-state index in [0.29, 0.717) is 0 Å². The highest BCUT2D eigenvalue weighted by Crippen LogP contribution is 2.29. The molecule has 120 valence electrons. The number of piperazine rings is 1. The first-order valence-electron chi connectivity index (χ1n) is 7.18. The molecule has 5 nitrogen and oxygen atoms in total. The van der Waals surface area contributed by atoms with Crippen molar-refractivity contribution in [3.05, 3.63) is 18.3 Å². The summed E-state index contributed by atoms with van der Waals surface area (Å²) < 4.78 is 0. The molecule has 3 rings (SSSR count). The summed E-state index contributed by atoms with van der Waals surface area (Å²) in [7, 11) is 0. The number of aromatic nitrogens is 1. The van der Waals surface area contributed by atoms with E-state index in [1.165, 1.54) is 5.69 Å². The Labute approximate surface area is 138 Å². The average molecular weight is 335 g/mol. The SMILES string of the molecule is Cl.Cl.OC1CCN(c2ncccc2N2CCNCC2)CC1. The molecule has 2 aliphatic rings. The van der Waals surface area contributed by atoms with Crippen molar-refractivity contribution in [2.24, 2.45) is 0 Å². The first-order valence-corrected chi connectivity index (χ1v) is 7.18. The minimum Gasteiger partial charge on any atom is -0.393 e.